The van der Waals surface area contributed by atoms with Crippen LogP contribution < -0.4 is 0 Å². The number of rotatable bonds is 3. The Balaban J connectivity index is 1.42. The van der Waals surface area contributed by atoms with Crippen LogP contribution in [0.4, 0.5) is 0 Å². The molecule has 0 aromatic carbocycles. The summed E-state index contributed by atoms with van der Waals surface area (Å²) in [5.74, 6) is 0.212. The minimum absolute atomic E-state index is 0.0276. The Morgan fingerprint density at radius 2 is 2.12 bits per heavy atom. The fourth-order valence-corrected chi connectivity index (χ4v) is 4.40. The van der Waals surface area contributed by atoms with Crippen LogP contribution in [0.5, 0.6) is 0 Å². The summed E-state index contributed by atoms with van der Waals surface area (Å²) in [6.07, 6.45) is 5.92. The fraction of sp³-hybridized carbons (Fsp3) is 0.812. The quantitative estimate of drug-likeness (QED) is 0.744. The summed E-state index contributed by atoms with van der Waals surface area (Å²) in [5.41, 5.74) is -0.396. The normalized spacial score (nSPS) is 28.1. The first-order chi connectivity index (χ1) is 12.2. The summed E-state index contributed by atoms with van der Waals surface area (Å²) in [4.78, 5) is 29.6. The van der Waals surface area contributed by atoms with Gasteiger partial charge in [-0.3, -0.25) is 9.59 Å². The highest BCUT2D eigenvalue weighted by atomic mass is 16.5. The molecule has 3 aliphatic heterocycles. The second-order valence-electron chi connectivity index (χ2n) is 7.30. The SMILES string of the molecule is O=C(Cn1cnnn1)N1CCC2(CCCN(C3CCOCC3)C2=O)C1. The van der Waals surface area contributed by atoms with Gasteiger partial charge in [-0.1, -0.05) is 0 Å². The lowest BCUT2D eigenvalue weighted by molar-refractivity contribution is -0.151. The first-order valence-corrected chi connectivity index (χ1v) is 9.05. The van der Waals surface area contributed by atoms with Gasteiger partial charge in [-0.15, -0.1) is 5.10 Å². The summed E-state index contributed by atoms with van der Waals surface area (Å²) in [6.45, 7) is 3.58. The molecule has 3 aliphatic rings. The van der Waals surface area contributed by atoms with Crippen LogP contribution in [0.2, 0.25) is 0 Å². The maximum absolute atomic E-state index is 13.2. The van der Waals surface area contributed by atoms with Crippen molar-refractivity contribution in [2.75, 3.05) is 32.8 Å². The minimum Gasteiger partial charge on any atom is -0.381 e. The first kappa shape index (κ1) is 16.4. The average Bonchev–Trinajstić information content (AvgIpc) is 3.29. The standard InChI is InChI=1S/C16H24N6O3/c23-14(10-21-12-17-18-19-21)20-7-5-16(11-20)4-1-6-22(15(16)24)13-2-8-25-9-3-13/h12-13H,1-11H2. The molecule has 4 heterocycles. The molecule has 4 rings (SSSR count). The van der Waals surface area contributed by atoms with Crippen LogP contribution in [0.25, 0.3) is 0 Å². The molecule has 25 heavy (non-hydrogen) atoms. The van der Waals surface area contributed by atoms with Crippen molar-refractivity contribution >= 4 is 11.8 Å². The zero-order valence-electron chi connectivity index (χ0n) is 14.3. The van der Waals surface area contributed by atoms with Gasteiger partial charge in [0.25, 0.3) is 0 Å². The summed E-state index contributed by atoms with van der Waals surface area (Å²) >= 11 is 0. The van der Waals surface area contributed by atoms with Crippen LogP contribution >= 0.6 is 0 Å². The number of ether oxygens (including phenoxy) is 1. The van der Waals surface area contributed by atoms with Gasteiger partial charge in [0.2, 0.25) is 11.8 Å². The monoisotopic (exact) mass is 348 g/mol. The van der Waals surface area contributed by atoms with E-state index in [0.717, 1.165) is 51.9 Å². The van der Waals surface area contributed by atoms with Crippen molar-refractivity contribution in [1.82, 2.24) is 30.0 Å². The van der Waals surface area contributed by atoms with Crippen LogP contribution in [0.15, 0.2) is 6.33 Å². The number of aromatic nitrogens is 4. The molecule has 1 aromatic heterocycles. The number of amides is 2. The third-order valence-electron chi connectivity index (χ3n) is 5.80. The smallest absolute Gasteiger partial charge is 0.244 e. The molecule has 1 unspecified atom stereocenters. The highest BCUT2D eigenvalue weighted by molar-refractivity contribution is 5.86. The predicted octanol–water partition coefficient (Wildman–Crippen LogP) is -0.307. The number of likely N-dealkylation sites (tertiary alicyclic amines) is 2. The maximum atomic E-state index is 13.2. The van der Waals surface area contributed by atoms with E-state index in [1.807, 2.05) is 0 Å². The van der Waals surface area contributed by atoms with Gasteiger partial charge in [0.05, 0.1) is 5.41 Å². The second-order valence-corrected chi connectivity index (χ2v) is 7.30. The van der Waals surface area contributed by atoms with Crippen LogP contribution in [0, 0.1) is 5.41 Å². The summed E-state index contributed by atoms with van der Waals surface area (Å²) in [5, 5.41) is 10.8. The molecule has 0 N–H and O–H groups in total. The number of hydrogen-bond acceptors (Lipinski definition) is 6. The van der Waals surface area contributed by atoms with Crippen molar-refractivity contribution in [3.8, 4) is 0 Å². The zero-order chi connectivity index (χ0) is 17.3. The van der Waals surface area contributed by atoms with Crippen molar-refractivity contribution in [1.29, 1.82) is 0 Å². The predicted molar refractivity (Wildman–Crippen MR) is 86.2 cm³/mol. The van der Waals surface area contributed by atoms with Gasteiger partial charge in [0.15, 0.2) is 0 Å². The van der Waals surface area contributed by atoms with E-state index < -0.39 is 5.41 Å². The largest absolute Gasteiger partial charge is 0.381 e. The van der Waals surface area contributed by atoms with E-state index >= 15 is 0 Å². The Morgan fingerprint density at radius 1 is 1.28 bits per heavy atom. The van der Waals surface area contributed by atoms with Crippen molar-refractivity contribution in [2.24, 2.45) is 5.41 Å². The van der Waals surface area contributed by atoms with E-state index in [2.05, 4.69) is 20.4 Å². The molecule has 1 aromatic rings. The van der Waals surface area contributed by atoms with E-state index in [-0.39, 0.29) is 18.4 Å². The molecule has 0 aliphatic carbocycles. The van der Waals surface area contributed by atoms with Crippen LogP contribution in [-0.4, -0.2) is 80.7 Å². The molecule has 9 heteroatoms. The average molecular weight is 348 g/mol. The highest BCUT2D eigenvalue weighted by Crippen LogP contribution is 2.41. The third-order valence-corrected chi connectivity index (χ3v) is 5.80. The van der Waals surface area contributed by atoms with Crippen molar-refractivity contribution in [2.45, 2.75) is 44.7 Å². The van der Waals surface area contributed by atoms with E-state index in [1.165, 1.54) is 11.0 Å². The van der Waals surface area contributed by atoms with E-state index in [1.54, 1.807) is 4.90 Å². The van der Waals surface area contributed by atoms with Gasteiger partial charge < -0.3 is 14.5 Å². The Labute approximate surface area is 146 Å². The number of carbonyl (C=O) groups excluding carboxylic acids is 2. The van der Waals surface area contributed by atoms with Crippen molar-refractivity contribution < 1.29 is 14.3 Å². The number of carbonyl (C=O) groups is 2. The maximum Gasteiger partial charge on any atom is 0.244 e. The Kier molecular flexibility index (Phi) is 4.41. The zero-order valence-corrected chi connectivity index (χ0v) is 14.3. The molecular weight excluding hydrogens is 324 g/mol. The summed E-state index contributed by atoms with van der Waals surface area (Å²) < 4.78 is 6.85. The number of hydrogen-bond donors (Lipinski definition) is 0. The van der Waals surface area contributed by atoms with Crippen molar-refractivity contribution in [3.05, 3.63) is 6.33 Å². The van der Waals surface area contributed by atoms with Gasteiger partial charge in [-0.2, -0.15) is 0 Å². The van der Waals surface area contributed by atoms with E-state index in [9.17, 15) is 9.59 Å². The molecule has 0 saturated carbocycles. The summed E-state index contributed by atoms with van der Waals surface area (Å²) in [7, 11) is 0. The fourth-order valence-electron chi connectivity index (χ4n) is 4.40. The molecule has 1 spiro atoms. The molecule has 3 saturated heterocycles. The second kappa shape index (κ2) is 6.70. The first-order valence-electron chi connectivity index (χ1n) is 9.05. The van der Waals surface area contributed by atoms with Gasteiger partial charge in [-0.25, -0.2) is 4.68 Å². The van der Waals surface area contributed by atoms with Crippen LogP contribution in [0.3, 0.4) is 0 Å². The Morgan fingerprint density at radius 3 is 2.88 bits per heavy atom. The number of tetrazole rings is 1. The molecule has 136 valence electrons. The molecule has 2 amide bonds. The molecule has 9 nitrogen and oxygen atoms in total. The van der Waals surface area contributed by atoms with Gasteiger partial charge in [0.1, 0.15) is 12.9 Å². The Bertz CT molecular complexity index is 630. The van der Waals surface area contributed by atoms with E-state index in [0.29, 0.717) is 19.1 Å². The third kappa shape index (κ3) is 3.12. The molecule has 0 bridgehead atoms. The van der Waals surface area contributed by atoms with Gasteiger partial charge in [-0.05, 0) is 42.5 Å². The minimum atomic E-state index is -0.396. The van der Waals surface area contributed by atoms with Gasteiger partial charge in [0, 0.05) is 38.9 Å². The highest BCUT2D eigenvalue weighted by Gasteiger charge is 2.50. The van der Waals surface area contributed by atoms with Gasteiger partial charge >= 0.3 is 0 Å². The lowest BCUT2D eigenvalue weighted by atomic mass is 9.77. The lowest BCUT2D eigenvalue weighted by Gasteiger charge is -2.44. The van der Waals surface area contributed by atoms with Crippen LogP contribution in [0.1, 0.15) is 32.1 Å². The summed E-state index contributed by atoms with van der Waals surface area (Å²) in [6, 6.07) is 0.296. The van der Waals surface area contributed by atoms with Crippen LogP contribution in [-0.2, 0) is 20.9 Å². The molecule has 3 fully saturated rings. The molecular formula is C16H24N6O3. The number of piperidine rings is 1. The Hall–Kier alpha value is -2.03. The van der Waals surface area contributed by atoms with Crippen molar-refractivity contribution in [3.63, 3.8) is 0 Å². The molecule has 1 atom stereocenters. The molecule has 0 radical (unpaired) electrons. The van der Waals surface area contributed by atoms with E-state index in [4.69, 9.17) is 4.74 Å². The number of nitrogens with zero attached hydrogens (tertiary/aromatic N) is 6. The topological polar surface area (TPSA) is 93.5 Å². The lowest BCUT2D eigenvalue weighted by Crippen LogP contribution is -2.55.